The third-order valence-electron chi connectivity index (χ3n) is 2.80. The van der Waals surface area contributed by atoms with E-state index in [0.717, 1.165) is 38.4 Å². The van der Waals surface area contributed by atoms with Crippen LogP contribution in [0.1, 0.15) is 37.2 Å². The lowest BCUT2D eigenvalue weighted by molar-refractivity contribution is 0.0225. The van der Waals surface area contributed by atoms with Crippen LogP contribution >= 0.6 is 0 Å². The van der Waals surface area contributed by atoms with Crippen molar-refractivity contribution in [1.29, 1.82) is 0 Å². The summed E-state index contributed by atoms with van der Waals surface area (Å²) in [4.78, 5) is 7.98. The molecule has 0 saturated carbocycles. The molecule has 84 valence electrons. The fourth-order valence-electron chi connectivity index (χ4n) is 1.95. The van der Waals surface area contributed by atoms with Gasteiger partial charge in [0.1, 0.15) is 11.9 Å². The highest BCUT2D eigenvalue weighted by molar-refractivity contribution is 5.16. The lowest BCUT2D eigenvalue weighted by Gasteiger charge is -2.21. The van der Waals surface area contributed by atoms with E-state index in [0.29, 0.717) is 0 Å². The van der Waals surface area contributed by atoms with Crippen molar-refractivity contribution in [2.75, 3.05) is 19.7 Å². The molecule has 1 atom stereocenters. The number of H-pyrrole nitrogens is 1. The molecule has 1 aromatic rings. The first-order valence-electron chi connectivity index (χ1n) is 5.75. The molecule has 1 aliphatic rings. The van der Waals surface area contributed by atoms with Crippen molar-refractivity contribution in [3.8, 4) is 0 Å². The van der Waals surface area contributed by atoms with Gasteiger partial charge < -0.3 is 15.0 Å². The smallest absolute Gasteiger partial charge is 0.137 e. The van der Waals surface area contributed by atoms with Gasteiger partial charge in [0.15, 0.2) is 0 Å². The van der Waals surface area contributed by atoms with Gasteiger partial charge in [-0.05, 0) is 12.8 Å². The highest BCUT2D eigenvalue weighted by Gasteiger charge is 2.20. The van der Waals surface area contributed by atoms with Crippen molar-refractivity contribution < 1.29 is 4.74 Å². The summed E-state index contributed by atoms with van der Waals surface area (Å²) in [5, 5.41) is 3.31. The number of morpholine rings is 1. The van der Waals surface area contributed by atoms with Gasteiger partial charge in [-0.1, -0.05) is 13.8 Å². The number of ether oxygens (including phenoxy) is 1. The highest BCUT2D eigenvalue weighted by Crippen LogP contribution is 2.18. The van der Waals surface area contributed by atoms with E-state index >= 15 is 0 Å². The minimum atomic E-state index is 0.101. The maximum absolute atomic E-state index is 5.67. The summed E-state index contributed by atoms with van der Waals surface area (Å²) in [6.45, 7) is 6.86. The second-order valence-electron chi connectivity index (χ2n) is 3.82. The Hall–Kier alpha value is -0.870. The van der Waals surface area contributed by atoms with Crippen molar-refractivity contribution in [2.45, 2.75) is 32.8 Å². The van der Waals surface area contributed by atoms with Crippen LogP contribution < -0.4 is 5.32 Å². The van der Waals surface area contributed by atoms with Gasteiger partial charge in [-0.25, -0.2) is 4.98 Å². The Balaban J connectivity index is 2.16. The number of imidazole rings is 1. The van der Waals surface area contributed by atoms with Gasteiger partial charge in [0.05, 0.1) is 12.3 Å². The first-order valence-corrected chi connectivity index (χ1v) is 5.75. The van der Waals surface area contributed by atoms with Crippen LogP contribution in [0.2, 0.25) is 0 Å². The lowest BCUT2D eigenvalue weighted by atomic mass is 10.2. The average molecular weight is 209 g/mol. The van der Waals surface area contributed by atoms with Gasteiger partial charge in [0.25, 0.3) is 0 Å². The molecule has 15 heavy (non-hydrogen) atoms. The van der Waals surface area contributed by atoms with Gasteiger partial charge in [0, 0.05) is 18.8 Å². The molecule has 0 radical (unpaired) electrons. The molecule has 4 heteroatoms. The molecule has 0 aliphatic carbocycles. The van der Waals surface area contributed by atoms with Crippen LogP contribution in [-0.4, -0.2) is 29.7 Å². The van der Waals surface area contributed by atoms with Gasteiger partial charge >= 0.3 is 0 Å². The first-order chi connectivity index (χ1) is 7.35. The zero-order valence-electron chi connectivity index (χ0n) is 9.47. The van der Waals surface area contributed by atoms with E-state index in [1.807, 2.05) is 0 Å². The number of hydrogen-bond donors (Lipinski definition) is 2. The van der Waals surface area contributed by atoms with E-state index in [1.165, 1.54) is 11.4 Å². The Morgan fingerprint density at radius 1 is 1.40 bits per heavy atom. The standard InChI is InChI=1S/C11H19N3O/c1-3-8-9(4-2)14-11(13-8)10-7-12-5-6-15-10/h10,12H,3-7H2,1-2H3,(H,13,14). The van der Waals surface area contributed by atoms with Crippen LogP contribution in [0.15, 0.2) is 0 Å². The minimum absolute atomic E-state index is 0.101. The molecule has 0 amide bonds. The van der Waals surface area contributed by atoms with Crippen molar-refractivity contribution in [2.24, 2.45) is 0 Å². The Bertz CT molecular complexity index is 294. The Morgan fingerprint density at radius 2 is 2.27 bits per heavy atom. The maximum atomic E-state index is 5.67. The van der Waals surface area contributed by atoms with Crippen LogP contribution in [0, 0.1) is 0 Å². The number of aromatic amines is 1. The van der Waals surface area contributed by atoms with Crippen molar-refractivity contribution in [3.63, 3.8) is 0 Å². The summed E-state index contributed by atoms with van der Waals surface area (Å²) in [5.41, 5.74) is 2.43. The van der Waals surface area contributed by atoms with E-state index in [4.69, 9.17) is 4.74 Å². The zero-order chi connectivity index (χ0) is 10.7. The fraction of sp³-hybridized carbons (Fsp3) is 0.727. The Kier molecular flexibility index (Phi) is 3.38. The molecular weight excluding hydrogens is 190 g/mol. The normalized spacial score (nSPS) is 21.9. The second-order valence-corrected chi connectivity index (χ2v) is 3.82. The van der Waals surface area contributed by atoms with E-state index in [9.17, 15) is 0 Å². The van der Waals surface area contributed by atoms with E-state index in [2.05, 4.69) is 29.1 Å². The average Bonchev–Trinajstić information content (AvgIpc) is 2.73. The molecule has 0 bridgehead atoms. The van der Waals surface area contributed by atoms with E-state index in [-0.39, 0.29) is 6.10 Å². The monoisotopic (exact) mass is 209 g/mol. The van der Waals surface area contributed by atoms with Gasteiger partial charge in [-0.2, -0.15) is 0 Å². The third-order valence-corrected chi connectivity index (χ3v) is 2.80. The second kappa shape index (κ2) is 4.77. The molecule has 4 nitrogen and oxygen atoms in total. The van der Waals surface area contributed by atoms with Crippen LogP contribution in [0.5, 0.6) is 0 Å². The summed E-state index contributed by atoms with van der Waals surface area (Å²) in [7, 11) is 0. The molecule has 1 unspecified atom stereocenters. The SMILES string of the molecule is CCc1nc(C2CNCCO2)[nH]c1CC. The van der Waals surface area contributed by atoms with Gasteiger partial charge in [-0.3, -0.25) is 0 Å². The maximum Gasteiger partial charge on any atom is 0.137 e. The number of aryl methyl sites for hydroxylation is 2. The number of nitrogens with zero attached hydrogens (tertiary/aromatic N) is 1. The van der Waals surface area contributed by atoms with Crippen molar-refractivity contribution >= 4 is 0 Å². The largest absolute Gasteiger partial charge is 0.368 e. The number of nitrogens with one attached hydrogen (secondary N) is 2. The topological polar surface area (TPSA) is 49.9 Å². The highest BCUT2D eigenvalue weighted by atomic mass is 16.5. The summed E-state index contributed by atoms with van der Waals surface area (Å²) in [5.74, 6) is 0.982. The van der Waals surface area contributed by atoms with E-state index < -0.39 is 0 Å². The Morgan fingerprint density at radius 3 is 2.80 bits per heavy atom. The van der Waals surface area contributed by atoms with Crippen LogP contribution in [0.4, 0.5) is 0 Å². The van der Waals surface area contributed by atoms with E-state index in [1.54, 1.807) is 0 Å². The molecule has 0 spiro atoms. The molecule has 1 aromatic heterocycles. The lowest BCUT2D eigenvalue weighted by Crippen LogP contribution is -2.33. The molecule has 0 aromatic carbocycles. The summed E-state index contributed by atoms with van der Waals surface area (Å²) < 4.78 is 5.67. The van der Waals surface area contributed by atoms with Crippen molar-refractivity contribution in [3.05, 3.63) is 17.2 Å². The summed E-state index contributed by atoms with van der Waals surface area (Å²) in [6.07, 6.45) is 2.10. The number of rotatable bonds is 3. The van der Waals surface area contributed by atoms with Crippen molar-refractivity contribution in [1.82, 2.24) is 15.3 Å². The molecule has 1 aliphatic heterocycles. The van der Waals surface area contributed by atoms with Gasteiger partial charge in [0.2, 0.25) is 0 Å². The third kappa shape index (κ3) is 2.21. The Labute approximate surface area is 90.4 Å². The molecule has 2 heterocycles. The molecular formula is C11H19N3O. The predicted molar refractivity (Wildman–Crippen MR) is 58.9 cm³/mol. The molecule has 1 saturated heterocycles. The molecule has 1 fully saturated rings. The summed E-state index contributed by atoms with van der Waals surface area (Å²) >= 11 is 0. The van der Waals surface area contributed by atoms with Crippen LogP contribution in [-0.2, 0) is 17.6 Å². The zero-order valence-corrected chi connectivity index (χ0v) is 9.47. The molecule has 2 N–H and O–H groups in total. The quantitative estimate of drug-likeness (QED) is 0.786. The fourth-order valence-corrected chi connectivity index (χ4v) is 1.95. The molecule has 2 rings (SSSR count). The number of hydrogen-bond acceptors (Lipinski definition) is 3. The number of aromatic nitrogens is 2. The minimum Gasteiger partial charge on any atom is -0.368 e. The van der Waals surface area contributed by atoms with Gasteiger partial charge in [-0.15, -0.1) is 0 Å². The predicted octanol–water partition coefficient (Wildman–Crippen LogP) is 1.20. The summed E-state index contributed by atoms with van der Waals surface area (Å²) in [6, 6.07) is 0. The van der Waals surface area contributed by atoms with Crippen LogP contribution in [0.3, 0.4) is 0 Å². The first kappa shape index (κ1) is 10.6. The van der Waals surface area contributed by atoms with Crippen LogP contribution in [0.25, 0.3) is 0 Å².